The molecule has 0 radical (unpaired) electrons. The molecule has 4 fully saturated rings. The van der Waals surface area contributed by atoms with Gasteiger partial charge in [0.25, 0.3) is 5.91 Å². The maximum atomic E-state index is 15.0. The second kappa shape index (κ2) is 17.1. The molecule has 3 heterocycles. The molecule has 15 heteroatoms. The van der Waals surface area contributed by atoms with Crippen molar-refractivity contribution in [3.8, 4) is 22.8 Å². The van der Waals surface area contributed by atoms with Gasteiger partial charge in [0.15, 0.2) is 0 Å². The van der Waals surface area contributed by atoms with Gasteiger partial charge in [0, 0.05) is 35.4 Å². The first kappa shape index (κ1) is 41.5. The van der Waals surface area contributed by atoms with E-state index in [2.05, 4.69) is 21.9 Å². The van der Waals surface area contributed by atoms with Crippen molar-refractivity contribution >= 4 is 44.7 Å². The van der Waals surface area contributed by atoms with E-state index in [9.17, 15) is 27.6 Å². The third-order valence-electron chi connectivity index (χ3n) is 12.9. The minimum absolute atomic E-state index is 0.00153. The number of aromatic nitrogens is 1. The molecule has 0 spiro atoms. The standard InChI is InChI=1S/C45H55N5O9S/c1-4-31-24-45(31,43(53)49-60(55,56)33-18-19-33)48-41(51)37-21-32-25-50(37)42(52)40(29-15-9-6-10-16-29)47-44(54)58-26-27(2)12-11-17-30-20-34-36(23-38(30)57-3)46-35(22-39(34)59-32)28-13-7-5-8-14-28/h4-5,7-8,13-14,20,22-23,27,29,31-33,37,40H,1,6,9-12,15-19,21,24-26H2,2-3H3,(H,47,54)(H,48,51)(H,49,53)/t27?,31-,32-,37+,40+,45-/m1/s1. The highest BCUT2D eigenvalue weighted by Crippen LogP contribution is 2.46. The lowest BCUT2D eigenvalue weighted by Crippen LogP contribution is -2.59. The van der Waals surface area contributed by atoms with Crippen molar-refractivity contribution in [3.63, 3.8) is 0 Å². The number of carbonyl (C=O) groups excluding carboxylic acids is 4. The highest BCUT2D eigenvalue weighted by Gasteiger charge is 2.62. The number of ether oxygens (including phenoxy) is 3. The van der Waals surface area contributed by atoms with Crippen LogP contribution in [-0.4, -0.2) is 91.4 Å². The minimum atomic E-state index is -3.91. The van der Waals surface area contributed by atoms with Crippen molar-refractivity contribution < 1.29 is 41.8 Å². The number of hydrogen-bond acceptors (Lipinski definition) is 10. The van der Waals surface area contributed by atoms with E-state index in [0.717, 1.165) is 48.6 Å². The SMILES string of the molecule is C=C[C@@H]1C[C@]1(NC(=O)[C@@H]1C[C@@H]2CN1C(=O)[C@H](C1CCCCC1)NC(=O)OCC(C)CCCc1cc3c(cc(-c4ccccc4)nc3cc1OC)O2)C(=O)NS(=O)(=O)C1CC1. The Hall–Kier alpha value is -5.18. The second-order valence-corrected chi connectivity index (χ2v) is 19.3. The summed E-state index contributed by atoms with van der Waals surface area (Å²) in [6.07, 6.45) is 7.80. The normalized spacial score (nSPS) is 27.8. The van der Waals surface area contributed by atoms with Crippen LogP contribution in [0.15, 0.2) is 61.2 Å². The second-order valence-electron chi connectivity index (χ2n) is 17.3. The molecule has 2 aromatic carbocycles. The first-order valence-electron chi connectivity index (χ1n) is 21.4. The number of carbonyl (C=O) groups is 4. The smallest absolute Gasteiger partial charge is 0.407 e. The highest BCUT2D eigenvalue weighted by molar-refractivity contribution is 7.91. The summed E-state index contributed by atoms with van der Waals surface area (Å²) < 4.78 is 46.4. The van der Waals surface area contributed by atoms with E-state index in [0.29, 0.717) is 54.8 Å². The van der Waals surface area contributed by atoms with E-state index in [1.54, 1.807) is 7.11 Å². The van der Waals surface area contributed by atoms with Crippen LogP contribution in [0.2, 0.25) is 0 Å². The third-order valence-corrected chi connectivity index (χ3v) is 14.8. The van der Waals surface area contributed by atoms with Crippen molar-refractivity contribution in [3.05, 3.63) is 66.7 Å². The van der Waals surface area contributed by atoms with Crippen LogP contribution in [0.4, 0.5) is 4.79 Å². The van der Waals surface area contributed by atoms with Crippen LogP contribution in [0.5, 0.6) is 11.5 Å². The van der Waals surface area contributed by atoms with Crippen molar-refractivity contribution in [1.82, 2.24) is 25.2 Å². The molecule has 1 saturated heterocycles. The summed E-state index contributed by atoms with van der Waals surface area (Å²) in [6.45, 7) is 6.02. The van der Waals surface area contributed by atoms with Gasteiger partial charge in [-0.15, -0.1) is 6.58 Å². The Bertz CT molecular complexity index is 2260. The number of aryl methyl sites for hydroxylation is 1. The van der Waals surface area contributed by atoms with Gasteiger partial charge in [-0.3, -0.25) is 19.1 Å². The van der Waals surface area contributed by atoms with E-state index in [-0.39, 0.29) is 37.8 Å². The van der Waals surface area contributed by atoms with Gasteiger partial charge in [-0.1, -0.05) is 62.6 Å². The molecule has 3 aromatic rings. The lowest BCUT2D eigenvalue weighted by Gasteiger charge is -2.34. The maximum absolute atomic E-state index is 15.0. The molecule has 5 aliphatic rings. The molecule has 14 nitrogen and oxygen atoms in total. The summed E-state index contributed by atoms with van der Waals surface area (Å²) in [5.41, 5.74) is 1.60. The molecule has 6 atom stereocenters. The zero-order valence-corrected chi connectivity index (χ0v) is 35.1. The number of nitrogens with one attached hydrogen (secondary N) is 3. The van der Waals surface area contributed by atoms with Crippen molar-refractivity contribution in [2.24, 2.45) is 17.8 Å². The zero-order chi connectivity index (χ0) is 42.2. The van der Waals surface area contributed by atoms with Crippen LogP contribution in [0.25, 0.3) is 22.2 Å². The Morgan fingerprint density at radius 2 is 1.80 bits per heavy atom. The van der Waals surface area contributed by atoms with E-state index < -0.39 is 68.7 Å². The largest absolute Gasteiger partial charge is 0.496 e. The van der Waals surface area contributed by atoms with Crippen LogP contribution >= 0.6 is 0 Å². The molecule has 4 amide bonds. The summed E-state index contributed by atoms with van der Waals surface area (Å²) in [5, 5.41) is 5.89. The molecule has 320 valence electrons. The maximum Gasteiger partial charge on any atom is 0.407 e. The molecule has 4 bridgehead atoms. The molecular formula is C45H55N5O9S. The Balaban J connectivity index is 1.18. The number of amides is 4. The first-order valence-corrected chi connectivity index (χ1v) is 22.9. The summed E-state index contributed by atoms with van der Waals surface area (Å²) in [7, 11) is -2.28. The van der Waals surface area contributed by atoms with Gasteiger partial charge in [-0.25, -0.2) is 18.2 Å². The van der Waals surface area contributed by atoms with E-state index in [4.69, 9.17) is 19.2 Å². The highest BCUT2D eigenvalue weighted by atomic mass is 32.2. The zero-order valence-electron chi connectivity index (χ0n) is 34.3. The van der Waals surface area contributed by atoms with Crippen LogP contribution in [0.3, 0.4) is 0 Å². The number of hydrogen-bond donors (Lipinski definition) is 3. The van der Waals surface area contributed by atoms with Crippen LogP contribution in [0.1, 0.15) is 83.1 Å². The number of nitrogens with zero attached hydrogens (tertiary/aromatic N) is 2. The minimum Gasteiger partial charge on any atom is -0.496 e. The molecule has 3 aliphatic carbocycles. The molecule has 8 rings (SSSR count). The van der Waals surface area contributed by atoms with Crippen molar-refractivity contribution in [1.29, 1.82) is 0 Å². The van der Waals surface area contributed by atoms with Crippen LogP contribution < -0.4 is 24.8 Å². The molecule has 1 aromatic heterocycles. The van der Waals surface area contributed by atoms with Gasteiger partial charge in [0.1, 0.15) is 35.2 Å². The van der Waals surface area contributed by atoms with Gasteiger partial charge in [-0.05, 0) is 74.8 Å². The third kappa shape index (κ3) is 8.68. The van der Waals surface area contributed by atoms with Gasteiger partial charge in [-0.2, -0.15) is 0 Å². The number of methoxy groups -OCH3 is 1. The Morgan fingerprint density at radius 3 is 2.50 bits per heavy atom. The number of sulfonamides is 1. The summed E-state index contributed by atoms with van der Waals surface area (Å²) in [5.74, 6) is -1.34. The molecule has 60 heavy (non-hydrogen) atoms. The van der Waals surface area contributed by atoms with Crippen molar-refractivity contribution in [2.45, 2.75) is 113 Å². The monoisotopic (exact) mass is 841 g/mol. The van der Waals surface area contributed by atoms with E-state index >= 15 is 0 Å². The summed E-state index contributed by atoms with van der Waals surface area (Å²) in [4.78, 5) is 63.3. The Kier molecular flexibility index (Phi) is 11.8. The van der Waals surface area contributed by atoms with Crippen LogP contribution in [-0.2, 0) is 35.6 Å². The van der Waals surface area contributed by atoms with Gasteiger partial charge in [0.2, 0.25) is 21.8 Å². The predicted molar refractivity (Wildman–Crippen MR) is 224 cm³/mol. The molecule has 3 N–H and O–H groups in total. The predicted octanol–water partition coefficient (Wildman–Crippen LogP) is 5.58. The Morgan fingerprint density at radius 1 is 1.03 bits per heavy atom. The van der Waals surface area contributed by atoms with Gasteiger partial charge in [0.05, 0.1) is 36.7 Å². The fourth-order valence-electron chi connectivity index (χ4n) is 9.22. The fourth-order valence-corrected chi connectivity index (χ4v) is 10.6. The van der Waals surface area contributed by atoms with Gasteiger partial charge < -0.3 is 29.7 Å². The lowest BCUT2D eigenvalue weighted by atomic mass is 9.83. The molecule has 3 saturated carbocycles. The molecular weight excluding hydrogens is 787 g/mol. The number of benzene rings is 2. The number of fused-ring (bicyclic) bond motifs is 3. The lowest BCUT2D eigenvalue weighted by molar-refractivity contribution is -0.142. The average Bonchev–Trinajstić information content (AvgIpc) is 4.18. The Labute approximate surface area is 351 Å². The number of alkyl carbamates (subject to hydrolysis) is 1. The summed E-state index contributed by atoms with van der Waals surface area (Å²) in [6, 6.07) is 13.5. The molecule has 1 unspecified atom stereocenters. The number of cyclic esters (lactones) is 1. The van der Waals surface area contributed by atoms with Crippen LogP contribution in [0, 0.1) is 17.8 Å². The quantitative estimate of drug-likeness (QED) is 0.230. The average molecular weight is 842 g/mol. The fraction of sp³-hybridized carbons (Fsp3) is 0.533. The summed E-state index contributed by atoms with van der Waals surface area (Å²) >= 11 is 0. The topological polar surface area (TPSA) is 182 Å². The first-order chi connectivity index (χ1) is 28.9. The van der Waals surface area contributed by atoms with E-state index in [1.165, 1.54) is 11.0 Å². The van der Waals surface area contributed by atoms with E-state index in [1.807, 2.05) is 55.5 Å². The number of pyridine rings is 1. The number of rotatable bonds is 9. The molecule has 2 aliphatic heterocycles. The van der Waals surface area contributed by atoms with Gasteiger partial charge >= 0.3 is 6.09 Å². The van der Waals surface area contributed by atoms with Crippen molar-refractivity contribution in [2.75, 3.05) is 20.3 Å².